The van der Waals surface area contributed by atoms with Gasteiger partial charge in [0.2, 0.25) is 0 Å². The maximum absolute atomic E-state index is 10.9. The van der Waals surface area contributed by atoms with Crippen molar-refractivity contribution in [1.29, 1.82) is 0 Å². The number of ether oxygens (including phenoxy) is 2. The lowest BCUT2D eigenvalue weighted by molar-refractivity contribution is -0.148. The second-order valence-corrected chi connectivity index (χ2v) is 7.59. The molecule has 1 aromatic heterocycles. The maximum Gasteiger partial charge on any atom is 0.329 e. The van der Waals surface area contributed by atoms with Crippen LogP contribution in [0.25, 0.3) is 10.9 Å². The Balaban J connectivity index is 1.54. The minimum atomic E-state index is -0.912. The molecule has 0 bridgehead atoms. The molecule has 0 radical (unpaired) electrons. The van der Waals surface area contributed by atoms with Crippen LogP contribution in [0.4, 0.5) is 0 Å². The fraction of sp³-hybridized carbons (Fsp3) is 0.524. The second-order valence-electron chi connectivity index (χ2n) is 7.59. The molecule has 0 amide bonds. The summed E-state index contributed by atoms with van der Waals surface area (Å²) in [6.45, 7) is 1.58. The first-order chi connectivity index (χ1) is 13.1. The number of benzene rings is 1. The topological polar surface area (TPSA) is 71.9 Å². The van der Waals surface area contributed by atoms with E-state index in [0.717, 1.165) is 44.3 Å². The van der Waals surface area contributed by atoms with Gasteiger partial charge in [0.25, 0.3) is 0 Å². The summed E-state index contributed by atoms with van der Waals surface area (Å²) in [4.78, 5) is 17.8. The van der Waals surface area contributed by atoms with E-state index >= 15 is 0 Å². The van der Waals surface area contributed by atoms with E-state index in [1.165, 1.54) is 10.9 Å². The molecule has 1 N–H and O–H groups in total. The van der Waals surface area contributed by atoms with Gasteiger partial charge in [-0.25, -0.2) is 4.79 Å². The van der Waals surface area contributed by atoms with Gasteiger partial charge in [0.1, 0.15) is 6.61 Å². The third-order valence-corrected chi connectivity index (χ3v) is 6.21. The van der Waals surface area contributed by atoms with Crippen LogP contribution in [-0.4, -0.2) is 59.0 Å². The number of para-hydroxylation sites is 1. The van der Waals surface area contributed by atoms with Gasteiger partial charge in [0.05, 0.1) is 17.2 Å². The maximum atomic E-state index is 10.9. The number of hydrogen-bond donors (Lipinski definition) is 1. The molecule has 6 heteroatoms. The molecule has 0 unspecified atom stereocenters. The Morgan fingerprint density at radius 2 is 2.19 bits per heavy atom. The van der Waals surface area contributed by atoms with Crippen LogP contribution in [0.15, 0.2) is 36.5 Å². The normalized spacial score (nSPS) is 28.3. The molecule has 1 aliphatic carbocycles. The van der Waals surface area contributed by atoms with Crippen LogP contribution >= 0.6 is 0 Å². The molecule has 4 rings (SSSR count). The highest BCUT2D eigenvalue weighted by Crippen LogP contribution is 2.43. The molecule has 2 heterocycles. The fourth-order valence-electron chi connectivity index (χ4n) is 4.80. The molecule has 2 aromatic rings. The van der Waals surface area contributed by atoms with Crippen LogP contribution in [0.3, 0.4) is 0 Å². The molecular formula is C21H26N2O4. The van der Waals surface area contributed by atoms with Crippen molar-refractivity contribution in [3.8, 4) is 0 Å². The third kappa shape index (κ3) is 3.57. The van der Waals surface area contributed by atoms with Crippen LogP contribution in [0.2, 0.25) is 0 Å². The Morgan fingerprint density at radius 1 is 1.33 bits per heavy atom. The van der Waals surface area contributed by atoms with Crippen LogP contribution in [-0.2, 0) is 20.8 Å². The summed E-state index contributed by atoms with van der Waals surface area (Å²) < 4.78 is 11.6. The van der Waals surface area contributed by atoms with E-state index in [1.807, 2.05) is 24.4 Å². The van der Waals surface area contributed by atoms with Gasteiger partial charge in [-0.2, -0.15) is 0 Å². The van der Waals surface area contributed by atoms with E-state index in [2.05, 4.69) is 22.0 Å². The lowest BCUT2D eigenvalue weighted by Gasteiger charge is -2.43. The predicted molar refractivity (Wildman–Crippen MR) is 102 cm³/mol. The zero-order valence-corrected chi connectivity index (χ0v) is 15.6. The minimum Gasteiger partial charge on any atom is -0.480 e. The Kier molecular flexibility index (Phi) is 5.12. The van der Waals surface area contributed by atoms with Crippen molar-refractivity contribution in [3.05, 3.63) is 42.1 Å². The van der Waals surface area contributed by atoms with Crippen molar-refractivity contribution in [2.45, 2.75) is 50.0 Å². The number of likely N-dealkylation sites (tertiary alicyclic amines) is 1. The Bertz CT molecular complexity index is 821. The number of fused-ring (bicyclic) bond motifs is 2. The summed E-state index contributed by atoms with van der Waals surface area (Å²) in [5, 5.41) is 10.1. The molecule has 27 heavy (non-hydrogen) atoms. The van der Waals surface area contributed by atoms with E-state index in [0.29, 0.717) is 0 Å². The van der Waals surface area contributed by atoms with Gasteiger partial charge in [-0.1, -0.05) is 18.2 Å². The number of pyridine rings is 1. The molecule has 1 saturated heterocycles. The SMILES string of the molecule is CO[C@@]12CC[C@@H](OCC(=O)O)C[C@@H]1N(Cc1ccnc3ccccc13)CC2. The molecule has 6 nitrogen and oxygen atoms in total. The van der Waals surface area contributed by atoms with E-state index in [4.69, 9.17) is 14.6 Å². The first-order valence-electron chi connectivity index (χ1n) is 9.56. The molecule has 2 fully saturated rings. The van der Waals surface area contributed by atoms with E-state index in [9.17, 15) is 4.79 Å². The molecule has 1 saturated carbocycles. The monoisotopic (exact) mass is 370 g/mol. The Morgan fingerprint density at radius 3 is 3.00 bits per heavy atom. The number of rotatable bonds is 6. The number of nitrogens with zero attached hydrogens (tertiary/aromatic N) is 2. The molecule has 1 aromatic carbocycles. The summed E-state index contributed by atoms with van der Waals surface area (Å²) in [6.07, 6.45) is 5.42. The first-order valence-corrected chi connectivity index (χ1v) is 9.56. The molecule has 2 aliphatic rings. The minimum absolute atomic E-state index is 0.0239. The summed E-state index contributed by atoms with van der Waals surface area (Å²) in [6, 6.07) is 10.6. The van der Waals surface area contributed by atoms with Crippen molar-refractivity contribution in [2.75, 3.05) is 20.3 Å². The summed E-state index contributed by atoms with van der Waals surface area (Å²) in [5.74, 6) is -0.912. The van der Waals surface area contributed by atoms with Crippen LogP contribution in [0, 0.1) is 0 Å². The lowest BCUT2D eigenvalue weighted by Crippen LogP contribution is -2.51. The van der Waals surface area contributed by atoms with Gasteiger partial charge in [0.15, 0.2) is 0 Å². The highest BCUT2D eigenvalue weighted by molar-refractivity contribution is 5.81. The van der Waals surface area contributed by atoms with Crippen LogP contribution in [0.1, 0.15) is 31.2 Å². The van der Waals surface area contributed by atoms with Crippen LogP contribution < -0.4 is 0 Å². The van der Waals surface area contributed by atoms with Gasteiger partial charge >= 0.3 is 5.97 Å². The number of carbonyl (C=O) groups is 1. The zero-order chi connectivity index (χ0) is 18.9. The van der Waals surface area contributed by atoms with Gasteiger partial charge in [-0.3, -0.25) is 9.88 Å². The van der Waals surface area contributed by atoms with Gasteiger partial charge < -0.3 is 14.6 Å². The van der Waals surface area contributed by atoms with Crippen molar-refractivity contribution >= 4 is 16.9 Å². The largest absolute Gasteiger partial charge is 0.480 e. The van der Waals surface area contributed by atoms with E-state index in [-0.39, 0.29) is 24.4 Å². The standard InChI is InChI=1S/C21H26N2O4/c1-26-21-8-6-16(27-14-20(24)25)12-19(21)23(11-9-21)13-15-7-10-22-18-5-3-2-4-17(15)18/h2-5,7,10,16,19H,6,8-9,11-14H2,1H3,(H,24,25)/t16-,19+,21-/m1/s1. The summed E-state index contributed by atoms with van der Waals surface area (Å²) in [5.41, 5.74) is 2.13. The first kappa shape index (κ1) is 18.3. The average Bonchev–Trinajstić information content (AvgIpc) is 3.05. The molecule has 1 aliphatic heterocycles. The second kappa shape index (κ2) is 7.54. The van der Waals surface area contributed by atoms with Gasteiger partial charge in [-0.05, 0) is 43.4 Å². The van der Waals surface area contributed by atoms with Crippen LogP contribution in [0.5, 0.6) is 0 Å². The number of aliphatic carboxylic acids is 1. The molecule has 144 valence electrons. The highest BCUT2D eigenvalue weighted by atomic mass is 16.5. The molecule has 3 atom stereocenters. The number of carboxylic acids is 1. The van der Waals surface area contributed by atoms with Crippen molar-refractivity contribution in [2.24, 2.45) is 0 Å². The Labute approximate surface area is 159 Å². The average molecular weight is 370 g/mol. The van der Waals surface area contributed by atoms with Gasteiger partial charge in [0, 0.05) is 37.8 Å². The highest BCUT2D eigenvalue weighted by Gasteiger charge is 2.51. The van der Waals surface area contributed by atoms with Crippen molar-refractivity contribution in [1.82, 2.24) is 9.88 Å². The van der Waals surface area contributed by atoms with Crippen molar-refractivity contribution < 1.29 is 19.4 Å². The number of hydrogen-bond acceptors (Lipinski definition) is 5. The summed E-state index contributed by atoms with van der Waals surface area (Å²) >= 11 is 0. The zero-order valence-electron chi connectivity index (χ0n) is 15.6. The quantitative estimate of drug-likeness (QED) is 0.843. The lowest BCUT2D eigenvalue weighted by atomic mass is 9.79. The van der Waals surface area contributed by atoms with Gasteiger partial charge in [-0.15, -0.1) is 0 Å². The third-order valence-electron chi connectivity index (χ3n) is 6.21. The van der Waals surface area contributed by atoms with E-state index < -0.39 is 5.97 Å². The number of carboxylic acid groups (broad SMARTS) is 1. The summed E-state index contributed by atoms with van der Waals surface area (Å²) in [7, 11) is 1.80. The van der Waals surface area contributed by atoms with Crippen molar-refractivity contribution in [3.63, 3.8) is 0 Å². The molecule has 0 spiro atoms. The number of aromatic nitrogens is 1. The predicted octanol–water partition coefficient (Wildman–Crippen LogP) is 2.85. The molecular weight excluding hydrogens is 344 g/mol. The number of methoxy groups -OCH3 is 1. The fourth-order valence-corrected chi connectivity index (χ4v) is 4.80. The Hall–Kier alpha value is -2.02. The smallest absolute Gasteiger partial charge is 0.329 e. The van der Waals surface area contributed by atoms with E-state index in [1.54, 1.807) is 7.11 Å².